The van der Waals surface area contributed by atoms with Gasteiger partial charge < -0.3 is 24.8 Å². The third kappa shape index (κ3) is 9.47. The predicted molar refractivity (Wildman–Crippen MR) is 223 cm³/mol. The highest BCUT2D eigenvalue weighted by atomic mass is 35.5. The fourth-order valence-corrected chi connectivity index (χ4v) is 8.75. The van der Waals surface area contributed by atoms with E-state index in [4.69, 9.17) is 31.3 Å². The number of rotatable bonds is 7. The summed E-state index contributed by atoms with van der Waals surface area (Å²) in [7, 11) is 0. The van der Waals surface area contributed by atoms with Gasteiger partial charge in [0.25, 0.3) is 11.1 Å². The SMILES string of the molecule is CC1CN(Cc2ccccn2)CC1c1nn2c(C3CCOCC3)ncc2c(=O)[nH]1.CC1CNCC1c1nn2c(C3CCOCC3)ncc2c(=O)[nH]1.ClCc1ccccn1. The Balaban J connectivity index is 0.000000142. The van der Waals surface area contributed by atoms with Crippen molar-refractivity contribution in [1.29, 1.82) is 0 Å². The molecule has 6 aromatic rings. The van der Waals surface area contributed by atoms with E-state index in [1.165, 1.54) is 0 Å². The van der Waals surface area contributed by atoms with Crippen molar-refractivity contribution in [2.75, 3.05) is 52.6 Å². The molecule has 0 saturated carbocycles. The molecule has 6 aromatic heterocycles. The number of nitrogens with one attached hydrogen (secondary N) is 3. The molecule has 4 atom stereocenters. The number of pyridine rings is 2. The van der Waals surface area contributed by atoms with E-state index in [9.17, 15) is 9.59 Å². The first kappa shape index (κ1) is 40.9. The molecule has 10 heterocycles. The van der Waals surface area contributed by atoms with E-state index in [0.717, 1.165) is 120 Å². The number of halogens is 1. The fourth-order valence-electron chi connectivity index (χ4n) is 8.59. The van der Waals surface area contributed by atoms with Crippen molar-refractivity contribution in [3.05, 3.63) is 117 Å². The number of imidazole rings is 2. The molecule has 4 aliphatic heterocycles. The van der Waals surface area contributed by atoms with Gasteiger partial charge in [0.1, 0.15) is 23.3 Å². The Hall–Kier alpha value is -4.87. The van der Waals surface area contributed by atoms with Gasteiger partial charge in [-0.05, 0) is 68.3 Å². The van der Waals surface area contributed by atoms with Gasteiger partial charge in [0.05, 0.1) is 29.7 Å². The van der Waals surface area contributed by atoms with Crippen LogP contribution in [0.15, 0.2) is 70.8 Å². The molecule has 10 rings (SSSR count). The number of aromatic nitrogens is 10. The van der Waals surface area contributed by atoms with Gasteiger partial charge in [0, 0.05) is 88.7 Å². The second-order valence-corrected chi connectivity index (χ2v) is 16.3. The van der Waals surface area contributed by atoms with Crippen LogP contribution < -0.4 is 16.4 Å². The van der Waals surface area contributed by atoms with Crippen molar-refractivity contribution in [2.45, 2.75) is 75.6 Å². The number of H-pyrrole nitrogens is 2. The van der Waals surface area contributed by atoms with Gasteiger partial charge in [-0.2, -0.15) is 10.2 Å². The molecule has 0 spiro atoms. The summed E-state index contributed by atoms with van der Waals surface area (Å²) >= 11 is 5.46. The largest absolute Gasteiger partial charge is 0.381 e. The summed E-state index contributed by atoms with van der Waals surface area (Å²) in [4.78, 5) is 50.9. The molecule has 17 heteroatoms. The van der Waals surface area contributed by atoms with Crippen LogP contribution in [0.25, 0.3) is 11.0 Å². The highest BCUT2D eigenvalue weighted by Gasteiger charge is 2.34. The van der Waals surface area contributed by atoms with Gasteiger partial charge in [-0.15, -0.1) is 11.6 Å². The monoisotopic (exact) mass is 824 g/mol. The topological polar surface area (TPSA) is 186 Å². The smallest absolute Gasteiger partial charge is 0.276 e. The molecule has 4 unspecified atom stereocenters. The molecule has 16 nitrogen and oxygen atoms in total. The molecule has 4 fully saturated rings. The van der Waals surface area contributed by atoms with E-state index >= 15 is 0 Å². The normalized spacial score (nSPS) is 22.9. The van der Waals surface area contributed by atoms with Gasteiger partial charge in [0.15, 0.2) is 11.0 Å². The lowest BCUT2D eigenvalue weighted by atomic mass is 9.97. The van der Waals surface area contributed by atoms with E-state index in [1.54, 1.807) is 27.6 Å². The number of ether oxygens (including phenoxy) is 2. The van der Waals surface area contributed by atoms with Crippen molar-refractivity contribution >= 4 is 22.6 Å². The predicted octanol–water partition coefficient (Wildman–Crippen LogP) is 4.40. The van der Waals surface area contributed by atoms with E-state index in [0.29, 0.717) is 34.7 Å². The molecule has 0 radical (unpaired) electrons. The van der Waals surface area contributed by atoms with E-state index in [1.807, 2.05) is 36.5 Å². The van der Waals surface area contributed by atoms with Crippen LogP contribution in [0.4, 0.5) is 0 Å². The summed E-state index contributed by atoms with van der Waals surface area (Å²) in [6, 6.07) is 11.7. The van der Waals surface area contributed by atoms with Crippen molar-refractivity contribution in [3.8, 4) is 0 Å². The van der Waals surface area contributed by atoms with Crippen LogP contribution in [0.2, 0.25) is 0 Å². The quantitative estimate of drug-likeness (QED) is 0.193. The van der Waals surface area contributed by atoms with Gasteiger partial charge >= 0.3 is 0 Å². The zero-order chi connectivity index (χ0) is 40.7. The summed E-state index contributed by atoms with van der Waals surface area (Å²) in [6.07, 6.45) is 10.5. The Morgan fingerprint density at radius 2 is 1.22 bits per heavy atom. The first-order valence-electron chi connectivity index (χ1n) is 20.8. The van der Waals surface area contributed by atoms with Crippen molar-refractivity contribution in [1.82, 2.24) is 59.3 Å². The highest BCUT2D eigenvalue weighted by Crippen LogP contribution is 2.32. The molecule has 4 saturated heterocycles. The van der Waals surface area contributed by atoms with E-state index in [2.05, 4.69) is 60.0 Å². The van der Waals surface area contributed by atoms with Crippen LogP contribution in [-0.4, -0.2) is 107 Å². The first-order valence-corrected chi connectivity index (χ1v) is 21.3. The lowest BCUT2D eigenvalue weighted by Crippen LogP contribution is -2.24. The maximum atomic E-state index is 12.7. The molecule has 4 aliphatic rings. The molecule has 0 amide bonds. The number of alkyl halides is 1. The number of hydrogen-bond donors (Lipinski definition) is 3. The second kappa shape index (κ2) is 19.0. The maximum absolute atomic E-state index is 12.7. The standard InChI is InChI=1S/C21H26N6O2.C15H21N5O2.C6H6ClN/c1-14-11-26(12-16-4-2-3-7-22-16)13-17(14)19-24-21(28)18-10-23-20(27(18)25-19)15-5-8-29-9-6-15;1-9-6-16-7-11(9)13-18-15(21)12-8-17-14(20(12)19-13)10-2-4-22-5-3-10;7-5-6-3-1-2-4-8-6/h2-4,7,10,14-15,17H,5-6,8-9,11-13H2,1H3,(H,24,25,28);8-11,16H,2-7H2,1H3,(H,18,19,21);1-4H,5H2. The summed E-state index contributed by atoms with van der Waals surface area (Å²) in [5, 5.41) is 12.9. The van der Waals surface area contributed by atoms with Gasteiger partial charge in [-0.25, -0.2) is 19.0 Å². The number of fused-ring (bicyclic) bond motifs is 2. The van der Waals surface area contributed by atoms with Crippen molar-refractivity contribution < 1.29 is 9.47 Å². The maximum Gasteiger partial charge on any atom is 0.276 e. The minimum absolute atomic E-state index is 0.102. The summed E-state index contributed by atoms with van der Waals surface area (Å²) in [5.41, 5.74) is 2.82. The molecular formula is C42H53ClN12O4. The minimum atomic E-state index is -0.115. The van der Waals surface area contributed by atoms with Crippen LogP contribution in [0.1, 0.15) is 97.9 Å². The average Bonchev–Trinajstić information content (AvgIpc) is 4.09. The molecule has 59 heavy (non-hydrogen) atoms. The fraction of sp³-hybridized carbons (Fsp3) is 0.524. The van der Waals surface area contributed by atoms with Crippen molar-refractivity contribution in [3.63, 3.8) is 0 Å². The molecule has 0 aromatic carbocycles. The van der Waals surface area contributed by atoms with E-state index in [-0.39, 0.29) is 28.9 Å². The van der Waals surface area contributed by atoms with Crippen LogP contribution in [0.3, 0.4) is 0 Å². The van der Waals surface area contributed by atoms with E-state index < -0.39 is 0 Å². The summed E-state index contributed by atoms with van der Waals surface area (Å²) in [6.45, 7) is 11.8. The van der Waals surface area contributed by atoms with Crippen molar-refractivity contribution in [2.24, 2.45) is 11.8 Å². The second-order valence-electron chi connectivity index (χ2n) is 16.1. The zero-order valence-corrected chi connectivity index (χ0v) is 34.4. The zero-order valence-electron chi connectivity index (χ0n) is 33.7. The molecule has 312 valence electrons. The summed E-state index contributed by atoms with van der Waals surface area (Å²) in [5.74, 6) is 5.70. The minimum Gasteiger partial charge on any atom is -0.381 e. The van der Waals surface area contributed by atoms with Crippen LogP contribution in [0.5, 0.6) is 0 Å². The van der Waals surface area contributed by atoms with Crippen LogP contribution in [-0.2, 0) is 21.9 Å². The lowest BCUT2D eigenvalue weighted by molar-refractivity contribution is 0.0831. The van der Waals surface area contributed by atoms with Gasteiger partial charge in [0.2, 0.25) is 0 Å². The van der Waals surface area contributed by atoms with Gasteiger partial charge in [-0.1, -0.05) is 26.0 Å². The van der Waals surface area contributed by atoms with Crippen LogP contribution >= 0.6 is 11.6 Å². The number of nitrogens with zero attached hydrogens (tertiary/aromatic N) is 9. The van der Waals surface area contributed by atoms with Gasteiger partial charge in [-0.3, -0.25) is 24.5 Å². The number of likely N-dealkylation sites (tertiary alicyclic amines) is 1. The molecular weight excluding hydrogens is 772 g/mol. The number of hydrogen-bond acceptors (Lipinski definition) is 12. The molecule has 3 N–H and O–H groups in total. The Bertz CT molecular complexity index is 2390. The Morgan fingerprint density at radius 1 is 0.678 bits per heavy atom. The Morgan fingerprint density at radius 3 is 1.69 bits per heavy atom. The third-order valence-corrected chi connectivity index (χ3v) is 12.2. The third-order valence-electron chi connectivity index (χ3n) is 11.9. The lowest BCUT2D eigenvalue weighted by Gasteiger charge is -2.21. The Kier molecular flexibility index (Phi) is 13.2. The Labute approximate surface area is 347 Å². The highest BCUT2D eigenvalue weighted by molar-refractivity contribution is 6.16. The molecule has 0 aliphatic carbocycles. The first-order chi connectivity index (χ1) is 28.9. The number of aromatic amines is 2. The summed E-state index contributed by atoms with van der Waals surface area (Å²) < 4.78 is 14.4. The molecule has 0 bridgehead atoms. The average molecular weight is 825 g/mol. The van der Waals surface area contributed by atoms with Crippen LogP contribution in [0, 0.1) is 11.8 Å².